The number of carbonyl (C=O) groups is 1. The fraction of sp³-hybridized carbons (Fsp3) is 0.458. The summed E-state index contributed by atoms with van der Waals surface area (Å²) in [5.74, 6) is 0.757. The minimum atomic E-state index is -3.55. The first-order valence-corrected chi connectivity index (χ1v) is 12.5. The number of hydrogen-bond acceptors (Lipinski definition) is 4. The molecular formula is C24H32N2O4S. The molecule has 1 amide bonds. The van der Waals surface area contributed by atoms with E-state index in [0.717, 1.165) is 37.7 Å². The molecule has 0 aliphatic heterocycles. The third-order valence-electron chi connectivity index (χ3n) is 5.80. The zero-order valence-corrected chi connectivity index (χ0v) is 19.1. The highest BCUT2D eigenvalue weighted by molar-refractivity contribution is 7.89. The summed E-state index contributed by atoms with van der Waals surface area (Å²) in [7, 11) is -3.55. The second-order valence-electron chi connectivity index (χ2n) is 8.16. The third-order valence-corrected chi connectivity index (χ3v) is 7.33. The van der Waals surface area contributed by atoms with E-state index in [4.69, 9.17) is 4.74 Å². The molecule has 7 heteroatoms. The van der Waals surface area contributed by atoms with Gasteiger partial charge >= 0.3 is 0 Å². The van der Waals surface area contributed by atoms with Crippen LogP contribution in [0.2, 0.25) is 0 Å². The molecule has 31 heavy (non-hydrogen) atoms. The number of nitrogens with one attached hydrogen (secondary N) is 2. The summed E-state index contributed by atoms with van der Waals surface area (Å²) in [6.45, 7) is 4.13. The fourth-order valence-electron chi connectivity index (χ4n) is 3.80. The molecule has 2 aromatic carbocycles. The van der Waals surface area contributed by atoms with E-state index in [1.165, 1.54) is 18.6 Å². The predicted octanol–water partition coefficient (Wildman–Crippen LogP) is 4.83. The molecule has 3 rings (SSSR count). The number of hydrogen-bond donors (Lipinski definition) is 2. The molecule has 1 aliphatic carbocycles. The number of ether oxygens (including phenoxy) is 1. The molecular weight excluding hydrogens is 412 g/mol. The minimum absolute atomic E-state index is 0.00795. The van der Waals surface area contributed by atoms with Crippen LogP contribution in [0.25, 0.3) is 0 Å². The van der Waals surface area contributed by atoms with Crippen molar-refractivity contribution in [1.29, 1.82) is 0 Å². The van der Waals surface area contributed by atoms with Crippen molar-refractivity contribution in [2.75, 3.05) is 11.9 Å². The summed E-state index contributed by atoms with van der Waals surface area (Å²) in [5, 5.41) is 2.76. The van der Waals surface area contributed by atoms with E-state index in [-0.39, 0.29) is 23.5 Å². The average Bonchev–Trinajstić information content (AvgIpc) is 2.78. The number of benzene rings is 2. The summed E-state index contributed by atoms with van der Waals surface area (Å²) < 4.78 is 33.7. The number of amides is 1. The topological polar surface area (TPSA) is 84.5 Å². The van der Waals surface area contributed by atoms with E-state index in [1.807, 2.05) is 24.3 Å². The van der Waals surface area contributed by atoms with Gasteiger partial charge in [0.1, 0.15) is 5.75 Å². The van der Waals surface area contributed by atoms with E-state index in [2.05, 4.69) is 23.9 Å². The van der Waals surface area contributed by atoms with Gasteiger partial charge in [0.2, 0.25) is 10.0 Å². The van der Waals surface area contributed by atoms with Crippen LogP contribution in [0.3, 0.4) is 0 Å². The van der Waals surface area contributed by atoms with E-state index in [1.54, 1.807) is 12.1 Å². The van der Waals surface area contributed by atoms with Crippen molar-refractivity contribution in [2.24, 2.45) is 0 Å². The van der Waals surface area contributed by atoms with Crippen LogP contribution in [0.5, 0.6) is 5.75 Å². The Balaban J connectivity index is 1.55. The lowest BCUT2D eigenvalue weighted by molar-refractivity contribution is -0.118. The van der Waals surface area contributed by atoms with Gasteiger partial charge in [0.15, 0.2) is 6.61 Å². The zero-order valence-electron chi connectivity index (χ0n) is 18.3. The summed E-state index contributed by atoms with van der Waals surface area (Å²) >= 11 is 0. The van der Waals surface area contributed by atoms with E-state index in [9.17, 15) is 13.2 Å². The molecule has 1 saturated carbocycles. The molecule has 2 N–H and O–H groups in total. The molecule has 0 spiro atoms. The van der Waals surface area contributed by atoms with E-state index >= 15 is 0 Å². The summed E-state index contributed by atoms with van der Waals surface area (Å²) in [5.41, 5.74) is 1.61. The fourth-order valence-corrected chi connectivity index (χ4v) is 5.11. The van der Waals surface area contributed by atoms with Gasteiger partial charge in [-0.25, -0.2) is 13.1 Å². The minimum Gasteiger partial charge on any atom is -0.483 e. The summed E-state index contributed by atoms with van der Waals surface area (Å²) in [4.78, 5) is 12.5. The Kier molecular flexibility index (Phi) is 8.09. The van der Waals surface area contributed by atoms with Crippen molar-refractivity contribution in [1.82, 2.24) is 4.72 Å². The second-order valence-corrected chi connectivity index (χ2v) is 9.88. The highest BCUT2D eigenvalue weighted by atomic mass is 32.2. The van der Waals surface area contributed by atoms with Crippen molar-refractivity contribution in [3.05, 3.63) is 54.1 Å². The molecule has 2 aromatic rings. The van der Waals surface area contributed by atoms with Gasteiger partial charge in [0, 0.05) is 11.7 Å². The normalized spacial score (nSPS) is 15.9. The maximum atomic E-state index is 12.6. The Bertz CT molecular complexity index is 967. The van der Waals surface area contributed by atoms with Gasteiger partial charge in [-0.15, -0.1) is 0 Å². The van der Waals surface area contributed by atoms with Crippen molar-refractivity contribution in [3.63, 3.8) is 0 Å². The monoisotopic (exact) mass is 444 g/mol. The summed E-state index contributed by atoms with van der Waals surface area (Å²) in [6.07, 6.45) is 6.03. The molecule has 168 valence electrons. The lowest BCUT2D eigenvalue weighted by atomic mass is 9.96. The number of rotatable bonds is 9. The lowest BCUT2D eigenvalue weighted by Crippen LogP contribution is -2.36. The van der Waals surface area contributed by atoms with Crippen LogP contribution in [0.4, 0.5) is 5.69 Å². The first-order valence-electron chi connectivity index (χ1n) is 11.0. The Morgan fingerprint density at radius 1 is 1.06 bits per heavy atom. The molecule has 0 aromatic heterocycles. The van der Waals surface area contributed by atoms with Gasteiger partial charge < -0.3 is 10.1 Å². The quantitative estimate of drug-likeness (QED) is 0.580. The van der Waals surface area contributed by atoms with Crippen molar-refractivity contribution < 1.29 is 17.9 Å². The Hall–Kier alpha value is -2.38. The summed E-state index contributed by atoms with van der Waals surface area (Å²) in [6, 6.07) is 14.0. The Morgan fingerprint density at radius 2 is 1.74 bits per heavy atom. The van der Waals surface area contributed by atoms with Crippen LogP contribution >= 0.6 is 0 Å². The van der Waals surface area contributed by atoms with E-state index in [0.29, 0.717) is 17.4 Å². The first-order chi connectivity index (χ1) is 14.9. The smallest absolute Gasteiger partial charge is 0.262 e. The highest BCUT2D eigenvalue weighted by Gasteiger charge is 2.21. The molecule has 0 unspecified atom stereocenters. The third kappa shape index (κ3) is 6.55. The number of sulfonamides is 1. The standard InChI is InChI=1S/C24H32N2O4S/c1-3-18(2)22-11-7-8-12-23(22)30-17-24(27)25-19-13-15-21(16-14-19)31(28,29)26-20-9-5-4-6-10-20/h7-8,11-16,18,20,26H,3-6,9-10,17H2,1-2H3,(H,25,27)/t18-/m0/s1. The maximum Gasteiger partial charge on any atom is 0.262 e. The Morgan fingerprint density at radius 3 is 2.42 bits per heavy atom. The van der Waals surface area contributed by atoms with Crippen LogP contribution in [0.1, 0.15) is 63.9 Å². The molecule has 0 radical (unpaired) electrons. The van der Waals surface area contributed by atoms with Gasteiger partial charge in [0.25, 0.3) is 5.91 Å². The van der Waals surface area contributed by atoms with Gasteiger partial charge in [-0.05, 0) is 61.1 Å². The molecule has 0 heterocycles. The molecule has 0 saturated heterocycles. The predicted molar refractivity (Wildman–Crippen MR) is 123 cm³/mol. The van der Waals surface area contributed by atoms with Crippen LogP contribution in [-0.2, 0) is 14.8 Å². The molecule has 1 fully saturated rings. The largest absolute Gasteiger partial charge is 0.483 e. The Labute approximate surface area is 185 Å². The maximum absolute atomic E-state index is 12.6. The molecule has 1 aliphatic rings. The zero-order chi connectivity index (χ0) is 22.3. The van der Waals surface area contributed by atoms with E-state index < -0.39 is 10.0 Å². The average molecular weight is 445 g/mol. The lowest BCUT2D eigenvalue weighted by Gasteiger charge is -2.22. The van der Waals surface area contributed by atoms with Gasteiger partial charge in [-0.2, -0.15) is 0 Å². The first kappa shape index (κ1) is 23.3. The molecule has 0 bridgehead atoms. The molecule has 6 nitrogen and oxygen atoms in total. The molecule has 1 atom stereocenters. The van der Waals surface area contributed by atoms with Crippen molar-refractivity contribution >= 4 is 21.6 Å². The van der Waals surface area contributed by atoms with Crippen LogP contribution in [0, 0.1) is 0 Å². The highest BCUT2D eigenvalue weighted by Crippen LogP contribution is 2.28. The van der Waals surface area contributed by atoms with Gasteiger partial charge in [-0.3, -0.25) is 4.79 Å². The van der Waals surface area contributed by atoms with Crippen LogP contribution < -0.4 is 14.8 Å². The SMILES string of the molecule is CC[C@H](C)c1ccccc1OCC(=O)Nc1ccc(S(=O)(=O)NC2CCCCC2)cc1. The van der Waals surface area contributed by atoms with Gasteiger partial charge in [0.05, 0.1) is 4.90 Å². The number of anilines is 1. The number of para-hydroxylation sites is 1. The van der Waals surface area contributed by atoms with Crippen molar-refractivity contribution in [2.45, 2.75) is 69.2 Å². The van der Waals surface area contributed by atoms with Gasteiger partial charge in [-0.1, -0.05) is 51.3 Å². The number of carbonyl (C=O) groups excluding carboxylic acids is 1. The van der Waals surface area contributed by atoms with Crippen LogP contribution in [-0.4, -0.2) is 27.0 Å². The van der Waals surface area contributed by atoms with Crippen LogP contribution in [0.15, 0.2) is 53.4 Å². The second kappa shape index (κ2) is 10.8. The van der Waals surface area contributed by atoms with Crippen molar-refractivity contribution in [3.8, 4) is 5.75 Å².